The van der Waals surface area contributed by atoms with Gasteiger partial charge in [0, 0.05) is 39.4 Å². The van der Waals surface area contributed by atoms with Crippen molar-refractivity contribution in [2.75, 3.05) is 46.5 Å². The van der Waals surface area contributed by atoms with E-state index in [1.807, 2.05) is 0 Å². The molecule has 1 aromatic rings. The molecule has 152 valence electrons. The van der Waals surface area contributed by atoms with Gasteiger partial charge in [-0.1, -0.05) is 0 Å². The maximum Gasteiger partial charge on any atom is 0.243 e. The highest BCUT2D eigenvalue weighted by Crippen LogP contribution is 2.24. The van der Waals surface area contributed by atoms with Crippen molar-refractivity contribution >= 4 is 28.3 Å². The monoisotopic (exact) mass is 419 g/mol. The largest absolute Gasteiger partial charge is 0.497 e. The van der Waals surface area contributed by atoms with Crippen molar-refractivity contribution in [2.45, 2.75) is 23.3 Å². The Kier molecular flexibility index (Phi) is 7.09. The summed E-state index contributed by atoms with van der Waals surface area (Å²) < 4.78 is 37.3. The molecule has 2 saturated heterocycles. The lowest BCUT2D eigenvalue weighted by atomic mass is 9.89. The zero-order valence-corrected chi connectivity index (χ0v) is 16.9. The molecule has 2 heterocycles. The van der Waals surface area contributed by atoms with Crippen LogP contribution in [0.3, 0.4) is 0 Å². The summed E-state index contributed by atoms with van der Waals surface area (Å²) in [5.41, 5.74) is 5.36. The van der Waals surface area contributed by atoms with Gasteiger partial charge in [0.2, 0.25) is 15.9 Å². The first kappa shape index (κ1) is 21.9. The molecule has 0 aromatic heterocycles. The Hall–Kier alpha value is -1.39. The highest BCUT2D eigenvalue weighted by Gasteiger charge is 2.40. The molecule has 0 radical (unpaired) electrons. The molecule has 1 aromatic carbocycles. The molecule has 2 aliphatic heterocycles. The maximum absolute atomic E-state index is 12.8. The van der Waals surface area contributed by atoms with Gasteiger partial charge in [0.15, 0.2) is 0 Å². The fourth-order valence-electron chi connectivity index (χ4n) is 3.29. The van der Waals surface area contributed by atoms with Gasteiger partial charge in [0.25, 0.3) is 0 Å². The summed E-state index contributed by atoms with van der Waals surface area (Å²) in [4.78, 5) is 14.6. The average Bonchev–Trinajstić information content (AvgIpc) is 2.68. The summed E-state index contributed by atoms with van der Waals surface area (Å²) in [7, 11) is -2.06. The quantitative estimate of drug-likeness (QED) is 0.760. The average molecular weight is 420 g/mol. The Morgan fingerprint density at radius 3 is 2.19 bits per heavy atom. The molecule has 2 N–H and O–H groups in total. The number of sulfonamides is 1. The molecule has 2 fully saturated rings. The Bertz CT molecular complexity index is 742. The summed E-state index contributed by atoms with van der Waals surface area (Å²) in [5, 5.41) is 0. The molecule has 0 atom stereocenters. The third-order valence-corrected chi connectivity index (χ3v) is 6.95. The van der Waals surface area contributed by atoms with E-state index in [0.29, 0.717) is 44.9 Å². The van der Waals surface area contributed by atoms with Gasteiger partial charge < -0.3 is 20.1 Å². The van der Waals surface area contributed by atoms with E-state index in [-0.39, 0.29) is 36.3 Å². The fourth-order valence-corrected chi connectivity index (χ4v) is 4.71. The van der Waals surface area contributed by atoms with Gasteiger partial charge >= 0.3 is 0 Å². The smallest absolute Gasteiger partial charge is 0.243 e. The number of carbonyl (C=O) groups is 1. The normalized spacial score (nSPS) is 20.6. The molecular weight excluding hydrogens is 394 g/mol. The summed E-state index contributed by atoms with van der Waals surface area (Å²) in [5.74, 6) is 0.492. The van der Waals surface area contributed by atoms with Crippen LogP contribution in [-0.4, -0.2) is 75.6 Å². The lowest BCUT2D eigenvalue weighted by molar-refractivity contribution is -0.141. The van der Waals surface area contributed by atoms with Crippen LogP contribution in [0.1, 0.15) is 12.8 Å². The lowest BCUT2D eigenvalue weighted by Gasteiger charge is -2.40. The molecule has 2 aliphatic rings. The van der Waals surface area contributed by atoms with Crippen molar-refractivity contribution in [2.24, 2.45) is 5.73 Å². The van der Waals surface area contributed by atoms with Gasteiger partial charge in [0.1, 0.15) is 5.75 Å². The number of nitrogens with zero attached hydrogens (tertiary/aromatic N) is 2. The lowest BCUT2D eigenvalue weighted by Crippen LogP contribution is -2.61. The molecule has 8 nitrogen and oxygen atoms in total. The molecule has 10 heteroatoms. The van der Waals surface area contributed by atoms with Crippen molar-refractivity contribution in [3.8, 4) is 5.75 Å². The van der Waals surface area contributed by atoms with Crippen LogP contribution in [0.2, 0.25) is 0 Å². The number of carbonyl (C=O) groups excluding carboxylic acids is 1. The van der Waals surface area contributed by atoms with E-state index in [1.165, 1.54) is 23.5 Å². The van der Waals surface area contributed by atoms with E-state index in [1.54, 1.807) is 17.0 Å². The number of methoxy groups -OCH3 is 1. The third kappa shape index (κ3) is 4.55. The number of piperazine rings is 1. The molecule has 0 unspecified atom stereocenters. The Morgan fingerprint density at radius 2 is 1.67 bits per heavy atom. The highest BCUT2D eigenvalue weighted by atomic mass is 35.5. The van der Waals surface area contributed by atoms with E-state index in [0.717, 1.165) is 0 Å². The molecule has 0 aliphatic carbocycles. The first-order valence-electron chi connectivity index (χ1n) is 8.67. The van der Waals surface area contributed by atoms with Crippen molar-refractivity contribution in [3.63, 3.8) is 0 Å². The minimum atomic E-state index is -3.59. The predicted molar refractivity (Wildman–Crippen MR) is 103 cm³/mol. The van der Waals surface area contributed by atoms with Gasteiger partial charge in [0.05, 0.1) is 17.5 Å². The van der Waals surface area contributed by atoms with Crippen LogP contribution in [0.4, 0.5) is 0 Å². The summed E-state index contributed by atoms with van der Waals surface area (Å²) in [6, 6.07) is 6.30. The Morgan fingerprint density at radius 1 is 1.11 bits per heavy atom. The van der Waals surface area contributed by atoms with Crippen LogP contribution in [0.25, 0.3) is 0 Å². The predicted octanol–water partition coefficient (Wildman–Crippen LogP) is 0.458. The number of rotatable bonds is 4. The zero-order chi connectivity index (χ0) is 18.8. The van der Waals surface area contributed by atoms with Gasteiger partial charge in [-0.25, -0.2) is 8.42 Å². The second kappa shape index (κ2) is 8.74. The number of hydrogen-bond acceptors (Lipinski definition) is 6. The standard InChI is InChI=1S/C17H25N3O5S.ClH/c1-24-14-2-4-15(5-3-14)26(22,23)20-10-8-19(9-11-20)16(21)17(18)6-12-25-13-7-17;/h2-5H,6-13,18H2,1H3;1H. The number of amides is 1. The van der Waals surface area contributed by atoms with E-state index in [2.05, 4.69) is 0 Å². The van der Waals surface area contributed by atoms with Crippen LogP contribution >= 0.6 is 12.4 Å². The Labute approximate surface area is 166 Å². The van der Waals surface area contributed by atoms with Crippen LogP contribution in [0.5, 0.6) is 5.75 Å². The second-order valence-electron chi connectivity index (χ2n) is 6.64. The third-order valence-electron chi connectivity index (χ3n) is 5.03. The number of benzene rings is 1. The van der Waals surface area contributed by atoms with Crippen LogP contribution in [0.15, 0.2) is 29.2 Å². The summed E-state index contributed by atoms with van der Waals surface area (Å²) >= 11 is 0. The molecule has 27 heavy (non-hydrogen) atoms. The summed E-state index contributed by atoms with van der Waals surface area (Å²) in [6.07, 6.45) is 0.992. The van der Waals surface area contributed by atoms with Gasteiger partial charge in [-0.05, 0) is 37.1 Å². The number of hydrogen-bond donors (Lipinski definition) is 1. The number of nitrogens with two attached hydrogens (primary N) is 1. The van der Waals surface area contributed by atoms with Gasteiger partial charge in [-0.2, -0.15) is 4.31 Å². The summed E-state index contributed by atoms with van der Waals surface area (Å²) in [6.45, 7) is 2.16. The van der Waals surface area contributed by atoms with E-state index < -0.39 is 15.6 Å². The van der Waals surface area contributed by atoms with E-state index in [4.69, 9.17) is 15.2 Å². The molecular formula is C17H26ClN3O5S. The fraction of sp³-hybridized carbons (Fsp3) is 0.588. The topological polar surface area (TPSA) is 102 Å². The van der Waals surface area contributed by atoms with Gasteiger partial charge in [-0.3, -0.25) is 4.79 Å². The molecule has 0 saturated carbocycles. The zero-order valence-electron chi connectivity index (χ0n) is 15.3. The minimum absolute atomic E-state index is 0. The van der Waals surface area contributed by atoms with Gasteiger partial charge in [-0.15, -0.1) is 12.4 Å². The first-order valence-corrected chi connectivity index (χ1v) is 10.1. The van der Waals surface area contributed by atoms with E-state index in [9.17, 15) is 13.2 Å². The molecule has 0 bridgehead atoms. The molecule has 3 rings (SSSR count). The number of ether oxygens (including phenoxy) is 2. The van der Waals surface area contributed by atoms with Crippen molar-refractivity contribution in [3.05, 3.63) is 24.3 Å². The maximum atomic E-state index is 12.8. The second-order valence-corrected chi connectivity index (χ2v) is 8.58. The first-order chi connectivity index (χ1) is 12.4. The highest BCUT2D eigenvalue weighted by molar-refractivity contribution is 7.89. The molecule has 0 spiro atoms. The van der Waals surface area contributed by atoms with Crippen molar-refractivity contribution < 1.29 is 22.7 Å². The SMILES string of the molecule is COc1ccc(S(=O)(=O)N2CCN(C(=O)C3(N)CCOCC3)CC2)cc1.Cl. The van der Waals surface area contributed by atoms with Crippen LogP contribution in [-0.2, 0) is 19.6 Å². The Balaban J connectivity index is 0.00000261. The van der Waals surface area contributed by atoms with Crippen LogP contribution in [0, 0.1) is 0 Å². The number of halogens is 1. The van der Waals surface area contributed by atoms with E-state index >= 15 is 0 Å². The molecule has 1 amide bonds. The minimum Gasteiger partial charge on any atom is -0.497 e. The van der Waals surface area contributed by atoms with Crippen LogP contribution < -0.4 is 10.5 Å². The van der Waals surface area contributed by atoms with Crippen molar-refractivity contribution in [1.29, 1.82) is 0 Å². The van der Waals surface area contributed by atoms with Crippen molar-refractivity contribution in [1.82, 2.24) is 9.21 Å².